The van der Waals surface area contributed by atoms with Crippen LogP contribution >= 0.6 is 11.3 Å². The first-order valence-electron chi connectivity index (χ1n) is 9.99. The van der Waals surface area contributed by atoms with Gasteiger partial charge in [-0.15, -0.1) is 11.3 Å². The summed E-state index contributed by atoms with van der Waals surface area (Å²) in [6.45, 7) is 4.83. The maximum atomic E-state index is 4.92. The third-order valence-corrected chi connectivity index (χ3v) is 5.71. The molecule has 4 nitrogen and oxygen atoms in total. The number of aryl methyl sites for hydroxylation is 1. The highest BCUT2D eigenvalue weighted by atomic mass is 32.1. The summed E-state index contributed by atoms with van der Waals surface area (Å²) >= 11 is 1.62. The van der Waals surface area contributed by atoms with E-state index in [9.17, 15) is 0 Å². The minimum Gasteiger partial charge on any atom is -0.264 e. The van der Waals surface area contributed by atoms with Gasteiger partial charge in [0.05, 0.1) is 11.4 Å². The van der Waals surface area contributed by atoms with Crippen LogP contribution in [0.15, 0.2) is 94.6 Å². The van der Waals surface area contributed by atoms with E-state index < -0.39 is 0 Å². The third kappa shape index (κ3) is 4.81. The van der Waals surface area contributed by atoms with E-state index in [0.29, 0.717) is 0 Å². The molecule has 0 N–H and O–H groups in total. The Balaban J connectivity index is 1.72. The van der Waals surface area contributed by atoms with E-state index >= 15 is 0 Å². The van der Waals surface area contributed by atoms with Gasteiger partial charge in [-0.05, 0) is 31.9 Å². The molecule has 30 heavy (non-hydrogen) atoms. The maximum absolute atomic E-state index is 4.92. The Morgan fingerprint density at radius 1 is 1.00 bits per heavy atom. The molecule has 2 aromatic carbocycles. The van der Waals surface area contributed by atoms with E-state index in [0.717, 1.165) is 40.3 Å². The van der Waals surface area contributed by atoms with Crippen LogP contribution in [-0.4, -0.2) is 21.9 Å². The van der Waals surface area contributed by atoms with Crippen molar-refractivity contribution in [3.8, 4) is 11.3 Å². The van der Waals surface area contributed by atoms with Gasteiger partial charge in [-0.2, -0.15) is 5.10 Å². The SMILES string of the molecule is CC(=Nn1c(-c2ccc(C)cc2)csc1=NCCc1ccccc1)c1cccnc1. The van der Waals surface area contributed by atoms with Crippen molar-refractivity contribution in [1.29, 1.82) is 0 Å². The molecule has 0 aliphatic carbocycles. The summed E-state index contributed by atoms with van der Waals surface area (Å²) in [6.07, 6.45) is 4.52. The molecule has 0 radical (unpaired) electrons. The molecule has 0 amide bonds. The van der Waals surface area contributed by atoms with E-state index in [1.807, 2.05) is 36.0 Å². The largest absolute Gasteiger partial charge is 0.264 e. The average Bonchev–Trinajstić information content (AvgIpc) is 3.18. The Labute approximate surface area is 180 Å². The van der Waals surface area contributed by atoms with Gasteiger partial charge in [0.15, 0.2) is 0 Å². The molecule has 0 bridgehead atoms. The molecule has 2 aromatic heterocycles. The van der Waals surface area contributed by atoms with Gasteiger partial charge in [-0.1, -0.05) is 66.2 Å². The summed E-state index contributed by atoms with van der Waals surface area (Å²) in [6, 6.07) is 22.9. The number of thiazole rings is 1. The predicted molar refractivity (Wildman–Crippen MR) is 125 cm³/mol. The Kier molecular flexibility index (Phi) is 6.30. The third-order valence-electron chi connectivity index (χ3n) is 4.85. The van der Waals surface area contributed by atoms with Crippen molar-refractivity contribution in [2.75, 3.05) is 6.54 Å². The zero-order chi connectivity index (χ0) is 20.8. The van der Waals surface area contributed by atoms with Crippen molar-refractivity contribution >= 4 is 17.0 Å². The second-order valence-corrected chi connectivity index (χ2v) is 7.96. The van der Waals surface area contributed by atoms with E-state index in [1.165, 1.54) is 11.1 Å². The van der Waals surface area contributed by atoms with Crippen LogP contribution in [0.1, 0.15) is 23.6 Å². The average molecular weight is 413 g/mol. The van der Waals surface area contributed by atoms with E-state index in [-0.39, 0.29) is 0 Å². The second-order valence-electron chi connectivity index (χ2n) is 7.13. The van der Waals surface area contributed by atoms with Crippen molar-refractivity contribution < 1.29 is 0 Å². The van der Waals surface area contributed by atoms with Gasteiger partial charge in [-0.3, -0.25) is 9.98 Å². The number of benzene rings is 2. The molecule has 0 saturated carbocycles. The van der Waals surface area contributed by atoms with Gasteiger partial charge in [0.25, 0.3) is 0 Å². The first-order valence-corrected chi connectivity index (χ1v) is 10.9. The van der Waals surface area contributed by atoms with Crippen LogP contribution in [0, 0.1) is 6.92 Å². The fraction of sp³-hybridized carbons (Fsp3) is 0.160. The number of rotatable bonds is 6. The minimum atomic E-state index is 0.722. The monoisotopic (exact) mass is 412 g/mol. The van der Waals surface area contributed by atoms with Crippen LogP contribution in [0.4, 0.5) is 0 Å². The smallest absolute Gasteiger partial charge is 0.206 e. The van der Waals surface area contributed by atoms with Gasteiger partial charge >= 0.3 is 0 Å². The van der Waals surface area contributed by atoms with Gasteiger partial charge in [0.2, 0.25) is 4.80 Å². The number of pyridine rings is 1. The fourth-order valence-electron chi connectivity index (χ4n) is 3.14. The van der Waals surface area contributed by atoms with Crippen LogP contribution < -0.4 is 4.80 Å². The highest BCUT2D eigenvalue weighted by Crippen LogP contribution is 2.21. The van der Waals surface area contributed by atoms with Crippen LogP contribution in [0.3, 0.4) is 0 Å². The molecule has 0 unspecified atom stereocenters. The molecule has 4 aromatic rings. The van der Waals surface area contributed by atoms with Crippen molar-refractivity contribution in [2.24, 2.45) is 10.1 Å². The standard InChI is InChI=1S/C25H24N4S/c1-19-10-12-22(13-11-19)24-18-30-25(27-16-14-21-7-4-3-5-8-21)29(24)28-20(2)23-9-6-15-26-17-23/h3-13,15,17-18H,14,16H2,1-2H3. The quantitative estimate of drug-likeness (QED) is 0.394. The lowest BCUT2D eigenvalue weighted by Gasteiger charge is -2.07. The topological polar surface area (TPSA) is 42.5 Å². The van der Waals surface area contributed by atoms with Gasteiger partial charge in [0, 0.05) is 35.4 Å². The second kappa shape index (κ2) is 9.46. The predicted octanol–water partition coefficient (Wildman–Crippen LogP) is 5.34. The van der Waals surface area contributed by atoms with Gasteiger partial charge in [-0.25, -0.2) is 4.68 Å². The summed E-state index contributed by atoms with van der Waals surface area (Å²) in [5.41, 5.74) is 6.60. The molecule has 4 rings (SSSR count). The number of aromatic nitrogens is 2. The number of hydrogen-bond donors (Lipinski definition) is 0. The summed E-state index contributed by atoms with van der Waals surface area (Å²) in [5.74, 6) is 0. The van der Waals surface area contributed by atoms with Crippen molar-refractivity contribution in [3.63, 3.8) is 0 Å². The highest BCUT2D eigenvalue weighted by Gasteiger charge is 2.09. The number of nitrogens with zero attached hydrogens (tertiary/aromatic N) is 4. The lowest BCUT2D eigenvalue weighted by atomic mass is 10.1. The maximum Gasteiger partial charge on any atom is 0.206 e. The van der Waals surface area contributed by atoms with E-state index in [2.05, 4.69) is 65.8 Å². The number of hydrogen-bond acceptors (Lipinski definition) is 4. The van der Waals surface area contributed by atoms with E-state index in [4.69, 9.17) is 10.1 Å². The molecule has 0 atom stereocenters. The lowest BCUT2D eigenvalue weighted by molar-refractivity contribution is 0.812. The summed E-state index contributed by atoms with van der Waals surface area (Å²) in [7, 11) is 0. The Bertz CT molecular complexity index is 1190. The lowest BCUT2D eigenvalue weighted by Crippen LogP contribution is -2.15. The molecule has 2 heterocycles. The normalized spacial score (nSPS) is 12.3. The van der Waals surface area contributed by atoms with Crippen LogP contribution in [0.25, 0.3) is 11.3 Å². The summed E-state index contributed by atoms with van der Waals surface area (Å²) < 4.78 is 1.96. The summed E-state index contributed by atoms with van der Waals surface area (Å²) in [4.78, 5) is 9.98. The van der Waals surface area contributed by atoms with Crippen LogP contribution in [0.5, 0.6) is 0 Å². The molecular weight excluding hydrogens is 388 g/mol. The Hall–Kier alpha value is -3.31. The first kappa shape index (κ1) is 20.0. The van der Waals surface area contributed by atoms with Crippen molar-refractivity contribution in [3.05, 3.63) is 106 Å². The zero-order valence-corrected chi connectivity index (χ0v) is 18.0. The van der Waals surface area contributed by atoms with Gasteiger partial charge < -0.3 is 0 Å². The Morgan fingerprint density at radius 3 is 2.53 bits per heavy atom. The molecule has 0 fully saturated rings. The fourth-order valence-corrected chi connectivity index (χ4v) is 3.99. The van der Waals surface area contributed by atoms with Gasteiger partial charge in [0.1, 0.15) is 0 Å². The highest BCUT2D eigenvalue weighted by molar-refractivity contribution is 7.07. The minimum absolute atomic E-state index is 0.722. The van der Waals surface area contributed by atoms with E-state index in [1.54, 1.807) is 17.5 Å². The van der Waals surface area contributed by atoms with Crippen molar-refractivity contribution in [1.82, 2.24) is 9.66 Å². The molecule has 0 saturated heterocycles. The zero-order valence-electron chi connectivity index (χ0n) is 17.2. The molecular formula is C25H24N4S. The van der Waals surface area contributed by atoms with Crippen LogP contribution in [0.2, 0.25) is 0 Å². The Morgan fingerprint density at radius 2 is 1.80 bits per heavy atom. The molecule has 0 spiro atoms. The molecule has 150 valence electrons. The molecule has 0 aliphatic heterocycles. The molecule has 5 heteroatoms. The van der Waals surface area contributed by atoms with Crippen LogP contribution in [-0.2, 0) is 6.42 Å². The summed E-state index contributed by atoms with van der Waals surface area (Å²) in [5, 5.41) is 7.05. The van der Waals surface area contributed by atoms with Crippen molar-refractivity contribution in [2.45, 2.75) is 20.3 Å². The first-order chi connectivity index (χ1) is 14.7. The molecule has 0 aliphatic rings.